The Hall–Kier alpha value is -3.94. The van der Waals surface area contributed by atoms with Gasteiger partial charge in [0.15, 0.2) is 0 Å². The molecule has 0 aromatic heterocycles. The van der Waals surface area contributed by atoms with E-state index in [0.717, 1.165) is 16.0 Å². The lowest BCUT2D eigenvalue weighted by molar-refractivity contribution is -0.148. The molecular formula is C24H20N2O6. The smallest absolute Gasteiger partial charge is 0.339 e. The topological polar surface area (TPSA) is 93.2 Å². The van der Waals surface area contributed by atoms with E-state index in [9.17, 15) is 19.2 Å². The zero-order valence-corrected chi connectivity index (χ0v) is 17.4. The van der Waals surface area contributed by atoms with Crippen LogP contribution in [0.1, 0.15) is 27.5 Å². The number of methoxy groups -OCH3 is 2. The number of anilines is 1. The molecule has 2 aromatic carbocycles. The number of esters is 2. The second-order valence-corrected chi connectivity index (χ2v) is 7.88. The molecule has 5 rings (SSSR count). The van der Waals surface area contributed by atoms with Crippen LogP contribution in [-0.4, -0.2) is 48.9 Å². The van der Waals surface area contributed by atoms with Gasteiger partial charge in [-0.25, -0.2) is 14.5 Å². The summed E-state index contributed by atoms with van der Waals surface area (Å²) in [6.07, 6.45) is 3.61. The van der Waals surface area contributed by atoms with Crippen LogP contribution in [0.25, 0.3) is 6.08 Å². The summed E-state index contributed by atoms with van der Waals surface area (Å²) in [6, 6.07) is 12.4. The fourth-order valence-corrected chi connectivity index (χ4v) is 5.14. The summed E-state index contributed by atoms with van der Waals surface area (Å²) in [4.78, 5) is 55.2. The zero-order chi connectivity index (χ0) is 22.6. The summed E-state index contributed by atoms with van der Waals surface area (Å²) < 4.78 is 9.84. The van der Waals surface area contributed by atoms with E-state index in [4.69, 9.17) is 9.47 Å². The van der Waals surface area contributed by atoms with Gasteiger partial charge in [0, 0.05) is 6.20 Å². The van der Waals surface area contributed by atoms with Crippen molar-refractivity contribution in [3.63, 3.8) is 0 Å². The summed E-state index contributed by atoms with van der Waals surface area (Å²) in [6.45, 7) is 0. The standard InChI is InChI=1S/C24H20N2O6/c1-31-23(29)15-9-5-6-10-16(15)26-21(27)17-18(22(26)28)20(24(30)32-2)25-12-11-13-7-3-4-8-14(13)19(17)25/h3-12,17-20H,1-2H3/t17-,18+,19+,20+/m0/s1. The molecule has 4 atom stereocenters. The maximum Gasteiger partial charge on any atom is 0.339 e. The Morgan fingerprint density at radius 3 is 2.31 bits per heavy atom. The average Bonchev–Trinajstić information content (AvgIpc) is 3.30. The first-order valence-corrected chi connectivity index (χ1v) is 10.2. The van der Waals surface area contributed by atoms with Crippen LogP contribution < -0.4 is 4.90 Å². The number of imide groups is 1. The lowest BCUT2D eigenvalue weighted by Crippen LogP contribution is -2.45. The highest BCUT2D eigenvalue weighted by molar-refractivity contribution is 6.25. The second kappa shape index (κ2) is 7.33. The van der Waals surface area contributed by atoms with Crippen LogP contribution in [-0.2, 0) is 23.9 Å². The Bertz CT molecular complexity index is 1190. The first-order valence-electron chi connectivity index (χ1n) is 10.2. The van der Waals surface area contributed by atoms with Crippen molar-refractivity contribution in [1.82, 2.24) is 4.90 Å². The number of carbonyl (C=O) groups is 4. The quantitative estimate of drug-likeness (QED) is 0.542. The number of benzene rings is 2. The van der Waals surface area contributed by atoms with Crippen molar-refractivity contribution in [2.24, 2.45) is 11.8 Å². The van der Waals surface area contributed by atoms with Gasteiger partial charge in [-0.1, -0.05) is 36.4 Å². The van der Waals surface area contributed by atoms with E-state index in [0.29, 0.717) is 0 Å². The van der Waals surface area contributed by atoms with E-state index in [1.807, 2.05) is 30.3 Å². The highest BCUT2D eigenvalue weighted by Gasteiger charge is 2.65. The van der Waals surface area contributed by atoms with E-state index in [1.165, 1.54) is 26.4 Å². The fourth-order valence-electron chi connectivity index (χ4n) is 5.14. The molecule has 2 amide bonds. The molecule has 162 valence electrons. The normalized spacial score (nSPS) is 25.3. The molecule has 0 aliphatic carbocycles. The molecule has 0 bridgehead atoms. The maximum atomic E-state index is 13.7. The van der Waals surface area contributed by atoms with E-state index in [2.05, 4.69) is 0 Å². The Morgan fingerprint density at radius 2 is 1.56 bits per heavy atom. The third-order valence-electron chi connectivity index (χ3n) is 6.45. The van der Waals surface area contributed by atoms with E-state index < -0.39 is 47.7 Å². The maximum absolute atomic E-state index is 13.7. The molecule has 8 heteroatoms. The van der Waals surface area contributed by atoms with Gasteiger partial charge < -0.3 is 14.4 Å². The lowest BCUT2D eigenvalue weighted by Gasteiger charge is -2.34. The summed E-state index contributed by atoms with van der Waals surface area (Å²) in [5, 5.41) is 0. The van der Waals surface area contributed by atoms with Crippen LogP contribution in [0.4, 0.5) is 5.69 Å². The van der Waals surface area contributed by atoms with Crippen LogP contribution in [0.15, 0.2) is 54.7 Å². The number of carbonyl (C=O) groups excluding carboxylic acids is 4. The number of hydrogen-bond donors (Lipinski definition) is 0. The minimum absolute atomic E-state index is 0.104. The van der Waals surface area contributed by atoms with Gasteiger partial charge in [-0.3, -0.25) is 9.59 Å². The SMILES string of the molecule is COC(=O)c1ccccc1N1C(=O)[C@@H]2[C@H](C1=O)[C@H]1c3ccccc3C=CN1[C@H]2C(=O)OC. The summed E-state index contributed by atoms with van der Waals surface area (Å²) in [5.41, 5.74) is 2.04. The molecule has 0 spiro atoms. The van der Waals surface area contributed by atoms with Crippen molar-refractivity contribution in [3.05, 3.63) is 71.4 Å². The van der Waals surface area contributed by atoms with Gasteiger partial charge in [0.05, 0.1) is 43.3 Å². The van der Waals surface area contributed by atoms with E-state index in [1.54, 1.807) is 23.2 Å². The second-order valence-electron chi connectivity index (χ2n) is 7.88. The fraction of sp³-hybridized carbons (Fsp3) is 0.250. The third kappa shape index (κ3) is 2.62. The Morgan fingerprint density at radius 1 is 0.875 bits per heavy atom. The zero-order valence-electron chi connectivity index (χ0n) is 17.4. The highest BCUT2D eigenvalue weighted by atomic mass is 16.5. The van der Waals surface area contributed by atoms with Gasteiger partial charge >= 0.3 is 11.9 Å². The van der Waals surface area contributed by atoms with Crippen molar-refractivity contribution in [1.29, 1.82) is 0 Å². The molecule has 0 radical (unpaired) electrons. The molecule has 32 heavy (non-hydrogen) atoms. The van der Waals surface area contributed by atoms with Crippen LogP contribution in [0, 0.1) is 11.8 Å². The Labute approximate surface area is 184 Å². The van der Waals surface area contributed by atoms with Crippen LogP contribution >= 0.6 is 0 Å². The predicted octanol–water partition coefficient (Wildman–Crippen LogP) is 2.16. The van der Waals surface area contributed by atoms with Crippen molar-refractivity contribution in [3.8, 4) is 0 Å². The van der Waals surface area contributed by atoms with Crippen molar-refractivity contribution in [2.75, 3.05) is 19.1 Å². The number of nitrogens with zero attached hydrogens (tertiary/aromatic N) is 2. The number of amides is 2. The summed E-state index contributed by atoms with van der Waals surface area (Å²) in [5.74, 6) is -3.98. The van der Waals surface area contributed by atoms with Gasteiger partial charge in [-0.15, -0.1) is 0 Å². The highest BCUT2D eigenvalue weighted by Crippen LogP contribution is 2.53. The predicted molar refractivity (Wildman–Crippen MR) is 113 cm³/mol. The molecule has 8 nitrogen and oxygen atoms in total. The average molecular weight is 432 g/mol. The van der Waals surface area contributed by atoms with Gasteiger partial charge in [0.25, 0.3) is 0 Å². The van der Waals surface area contributed by atoms with Crippen molar-refractivity contribution < 1.29 is 28.7 Å². The Kier molecular flexibility index (Phi) is 4.58. The first kappa shape index (κ1) is 20.0. The van der Waals surface area contributed by atoms with Crippen LogP contribution in [0.5, 0.6) is 0 Å². The van der Waals surface area contributed by atoms with Crippen molar-refractivity contribution >= 4 is 35.5 Å². The molecule has 0 N–H and O–H groups in total. The van der Waals surface area contributed by atoms with Crippen LogP contribution in [0.2, 0.25) is 0 Å². The molecule has 2 saturated heterocycles. The molecule has 0 unspecified atom stereocenters. The number of fused-ring (bicyclic) bond motifs is 5. The molecule has 3 aliphatic rings. The minimum atomic E-state index is -0.952. The molecule has 3 heterocycles. The number of para-hydroxylation sites is 1. The number of ether oxygens (including phenoxy) is 2. The van der Waals surface area contributed by atoms with Gasteiger partial charge in [-0.2, -0.15) is 0 Å². The molecule has 0 saturated carbocycles. The van der Waals surface area contributed by atoms with Crippen LogP contribution in [0.3, 0.4) is 0 Å². The lowest BCUT2D eigenvalue weighted by atomic mass is 9.84. The van der Waals surface area contributed by atoms with Crippen molar-refractivity contribution in [2.45, 2.75) is 12.1 Å². The molecule has 2 fully saturated rings. The van der Waals surface area contributed by atoms with Gasteiger partial charge in [0.2, 0.25) is 11.8 Å². The van der Waals surface area contributed by atoms with Gasteiger partial charge in [-0.05, 0) is 29.3 Å². The number of rotatable bonds is 3. The first-order chi connectivity index (χ1) is 15.5. The summed E-state index contributed by atoms with van der Waals surface area (Å²) >= 11 is 0. The van der Waals surface area contributed by atoms with Gasteiger partial charge in [0.1, 0.15) is 6.04 Å². The molecular weight excluding hydrogens is 412 g/mol. The Balaban J connectivity index is 1.66. The molecule has 2 aromatic rings. The largest absolute Gasteiger partial charge is 0.467 e. The third-order valence-corrected chi connectivity index (χ3v) is 6.45. The van der Waals surface area contributed by atoms with E-state index >= 15 is 0 Å². The monoisotopic (exact) mass is 432 g/mol. The van der Waals surface area contributed by atoms with E-state index in [-0.39, 0.29) is 11.3 Å². The minimum Gasteiger partial charge on any atom is -0.467 e. The molecule has 3 aliphatic heterocycles. The number of hydrogen-bond acceptors (Lipinski definition) is 7. The summed E-state index contributed by atoms with van der Waals surface area (Å²) in [7, 11) is 2.50.